The van der Waals surface area contributed by atoms with E-state index in [0.717, 1.165) is 0 Å². The molecule has 0 aliphatic carbocycles. The van der Waals surface area contributed by atoms with Gasteiger partial charge in [-0.05, 0) is 12.1 Å². The monoisotopic (exact) mass is 232 g/mol. The summed E-state index contributed by atoms with van der Waals surface area (Å²) in [5.74, 6) is -0.112. The fourth-order valence-electron chi connectivity index (χ4n) is 1.03. The summed E-state index contributed by atoms with van der Waals surface area (Å²) < 4.78 is 34.6. The minimum Gasteiger partial charge on any atom is -0.359 e. The Bertz CT molecular complexity index is 433. The van der Waals surface area contributed by atoms with Crippen molar-refractivity contribution in [1.29, 1.82) is 0 Å². The van der Waals surface area contributed by atoms with Gasteiger partial charge >= 0.3 is 0 Å². The first-order valence-electron chi connectivity index (χ1n) is 4.40. The molecule has 0 atom stereocenters. The first-order chi connectivity index (χ1) is 6.88. The van der Waals surface area contributed by atoms with E-state index in [9.17, 15) is 12.8 Å². The van der Waals surface area contributed by atoms with Crippen LogP contribution in [0.2, 0.25) is 0 Å². The molecule has 0 aliphatic heterocycles. The molecular weight excluding hydrogens is 219 g/mol. The molecule has 0 aromatic carbocycles. The van der Waals surface area contributed by atoms with E-state index in [1.807, 2.05) is 0 Å². The van der Waals surface area contributed by atoms with Gasteiger partial charge in [0.25, 0.3) is 0 Å². The molecule has 0 radical (unpaired) electrons. The number of pyridine rings is 1. The van der Waals surface area contributed by atoms with Crippen molar-refractivity contribution in [2.45, 2.75) is 0 Å². The fourth-order valence-corrected chi connectivity index (χ4v) is 1.63. The summed E-state index contributed by atoms with van der Waals surface area (Å²) in [6.45, 7) is 0.301. The van der Waals surface area contributed by atoms with Crippen LogP contribution in [-0.4, -0.2) is 39.0 Å². The Morgan fingerprint density at radius 1 is 1.47 bits per heavy atom. The number of hydrogen-bond donors (Lipinski definition) is 0. The van der Waals surface area contributed by atoms with Gasteiger partial charge in [0.1, 0.15) is 15.7 Å². The first kappa shape index (κ1) is 11.9. The summed E-state index contributed by atoms with van der Waals surface area (Å²) >= 11 is 0. The van der Waals surface area contributed by atoms with Gasteiger partial charge in [-0.3, -0.25) is 0 Å². The van der Waals surface area contributed by atoms with Crippen molar-refractivity contribution in [3.63, 3.8) is 0 Å². The van der Waals surface area contributed by atoms with Crippen molar-refractivity contribution < 1.29 is 12.8 Å². The van der Waals surface area contributed by atoms with Gasteiger partial charge in [-0.15, -0.1) is 0 Å². The number of aromatic nitrogens is 1. The van der Waals surface area contributed by atoms with E-state index < -0.39 is 15.8 Å². The minimum absolute atomic E-state index is 0.0295. The molecule has 0 N–H and O–H groups in total. The molecule has 0 spiro atoms. The lowest BCUT2D eigenvalue weighted by atomic mass is 10.4. The minimum atomic E-state index is -3.00. The number of rotatable bonds is 4. The Balaban J connectivity index is 2.65. The quantitative estimate of drug-likeness (QED) is 0.717. The number of sulfone groups is 1. The molecular formula is C9H13FN2O2S. The SMILES string of the molecule is CN(CCS(C)(=O)=O)c1cccc(F)n1. The van der Waals surface area contributed by atoms with Crippen LogP contribution < -0.4 is 4.90 Å². The van der Waals surface area contributed by atoms with Gasteiger partial charge in [-0.2, -0.15) is 4.39 Å². The number of nitrogens with zero attached hydrogens (tertiary/aromatic N) is 2. The van der Waals surface area contributed by atoms with Crippen molar-refractivity contribution in [3.8, 4) is 0 Å². The molecule has 0 fully saturated rings. The Morgan fingerprint density at radius 2 is 2.13 bits per heavy atom. The van der Waals surface area contributed by atoms with E-state index in [2.05, 4.69) is 4.98 Å². The van der Waals surface area contributed by atoms with Crippen molar-refractivity contribution in [2.75, 3.05) is 30.5 Å². The summed E-state index contributed by atoms with van der Waals surface area (Å²) in [6.07, 6.45) is 1.17. The van der Waals surface area contributed by atoms with Crippen LogP contribution in [-0.2, 0) is 9.84 Å². The van der Waals surface area contributed by atoms with Crippen LogP contribution in [0, 0.1) is 5.95 Å². The molecule has 0 saturated heterocycles. The Labute approximate surface area is 88.7 Å². The molecule has 1 aromatic heterocycles. The fraction of sp³-hybridized carbons (Fsp3) is 0.444. The number of anilines is 1. The Kier molecular flexibility index (Phi) is 3.62. The molecule has 0 amide bonds. The normalized spacial score (nSPS) is 11.4. The molecule has 0 aliphatic rings. The van der Waals surface area contributed by atoms with Crippen LogP contribution in [0.5, 0.6) is 0 Å². The third-order valence-electron chi connectivity index (χ3n) is 1.89. The van der Waals surface area contributed by atoms with Crippen LogP contribution in [0.4, 0.5) is 10.2 Å². The molecule has 84 valence electrons. The van der Waals surface area contributed by atoms with Crippen molar-refractivity contribution in [3.05, 3.63) is 24.1 Å². The Morgan fingerprint density at radius 3 is 2.67 bits per heavy atom. The topological polar surface area (TPSA) is 50.3 Å². The van der Waals surface area contributed by atoms with Gasteiger partial charge in [0.15, 0.2) is 0 Å². The van der Waals surface area contributed by atoms with Gasteiger partial charge in [0.05, 0.1) is 5.75 Å². The summed E-state index contributed by atoms with van der Waals surface area (Å²) in [6, 6.07) is 4.41. The molecule has 1 aromatic rings. The molecule has 1 heterocycles. The molecule has 0 bridgehead atoms. The van der Waals surface area contributed by atoms with E-state index in [4.69, 9.17) is 0 Å². The van der Waals surface area contributed by atoms with E-state index in [-0.39, 0.29) is 5.75 Å². The van der Waals surface area contributed by atoms with E-state index >= 15 is 0 Å². The zero-order valence-electron chi connectivity index (χ0n) is 8.64. The second kappa shape index (κ2) is 4.57. The lowest BCUT2D eigenvalue weighted by Gasteiger charge is -2.16. The summed E-state index contributed by atoms with van der Waals surface area (Å²) in [7, 11) is -1.33. The highest BCUT2D eigenvalue weighted by atomic mass is 32.2. The zero-order chi connectivity index (χ0) is 11.5. The van der Waals surface area contributed by atoms with Crippen molar-refractivity contribution in [1.82, 2.24) is 4.98 Å². The van der Waals surface area contributed by atoms with E-state index in [0.29, 0.717) is 12.4 Å². The van der Waals surface area contributed by atoms with Gasteiger partial charge in [-0.25, -0.2) is 13.4 Å². The zero-order valence-corrected chi connectivity index (χ0v) is 9.46. The molecule has 0 unspecified atom stereocenters. The largest absolute Gasteiger partial charge is 0.359 e. The third-order valence-corrected chi connectivity index (χ3v) is 2.81. The Hall–Kier alpha value is -1.17. The molecule has 4 nitrogen and oxygen atoms in total. The van der Waals surface area contributed by atoms with Crippen LogP contribution in [0.1, 0.15) is 0 Å². The second-order valence-electron chi connectivity index (χ2n) is 3.37. The summed E-state index contributed by atoms with van der Waals surface area (Å²) in [4.78, 5) is 5.24. The predicted octanol–water partition coefficient (Wildman–Crippen LogP) is 0.702. The lowest BCUT2D eigenvalue weighted by Crippen LogP contribution is -2.25. The second-order valence-corrected chi connectivity index (χ2v) is 5.63. The highest BCUT2D eigenvalue weighted by Gasteiger charge is 2.07. The van der Waals surface area contributed by atoms with E-state index in [1.54, 1.807) is 18.0 Å². The summed E-state index contributed by atoms with van der Waals surface area (Å²) in [5, 5.41) is 0. The maximum absolute atomic E-state index is 12.7. The van der Waals surface area contributed by atoms with Crippen LogP contribution >= 0.6 is 0 Å². The van der Waals surface area contributed by atoms with Gasteiger partial charge in [0.2, 0.25) is 5.95 Å². The average Bonchev–Trinajstić information content (AvgIpc) is 2.13. The molecule has 0 saturated carbocycles. The average molecular weight is 232 g/mol. The lowest BCUT2D eigenvalue weighted by molar-refractivity contribution is 0.582. The van der Waals surface area contributed by atoms with Crippen LogP contribution in [0.3, 0.4) is 0 Å². The number of hydrogen-bond acceptors (Lipinski definition) is 4. The van der Waals surface area contributed by atoms with Gasteiger partial charge in [0, 0.05) is 19.8 Å². The van der Waals surface area contributed by atoms with E-state index in [1.165, 1.54) is 18.4 Å². The van der Waals surface area contributed by atoms with Crippen molar-refractivity contribution >= 4 is 15.7 Å². The highest BCUT2D eigenvalue weighted by Crippen LogP contribution is 2.08. The smallest absolute Gasteiger partial charge is 0.214 e. The maximum Gasteiger partial charge on any atom is 0.214 e. The molecule has 6 heteroatoms. The van der Waals surface area contributed by atoms with Crippen LogP contribution in [0.15, 0.2) is 18.2 Å². The highest BCUT2D eigenvalue weighted by molar-refractivity contribution is 7.90. The first-order valence-corrected chi connectivity index (χ1v) is 6.46. The molecule has 15 heavy (non-hydrogen) atoms. The van der Waals surface area contributed by atoms with Gasteiger partial charge in [-0.1, -0.05) is 6.07 Å². The summed E-state index contributed by atoms with van der Waals surface area (Å²) in [5.41, 5.74) is 0. The van der Waals surface area contributed by atoms with Crippen LogP contribution in [0.25, 0.3) is 0 Å². The van der Waals surface area contributed by atoms with Gasteiger partial charge < -0.3 is 4.90 Å². The molecule has 1 rings (SSSR count). The van der Waals surface area contributed by atoms with Crippen molar-refractivity contribution in [2.24, 2.45) is 0 Å². The number of halogens is 1. The maximum atomic E-state index is 12.7. The predicted molar refractivity (Wildman–Crippen MR) is 57.2 cm³/mol. The third kappa shape index (κ3) is 4.24. The standard InChI is InChI=1S/C9H13FN2O2S/c1-12(6-7-15(2,13)14)9-5-3-4-8(10)11-9/h3-5H,6-7H2,1-2H3.